The Hall–Kier alpha value is -4.23. The number of nitrogens with one attached hydrogen (secondary N) is 2. The quantitative estimate of drug-likeness (QED) is 0.372. The third-order valence-corrected chi connectivity index (χ3v) is 8.89. The minimum atomic E-state index is -4.54. The first kappa shape index (κ1) is 29.3. The fraction of sp³-hybridized carbons (Fsp3) is 0.276. The Morgan fingerprint density at radius 2 is 1.60 bits per heavy atom. The van der Waals surface area contributed by atoms with Crippen LogP contribution in [0.3, 0.4) is 0 Å². The van der Waals surface area contributed by atoms with Gasteiger partial charge in [0, 0.05) is 67.5 Å². The smallest absolute Gasteiger partial charge is 0.369 e. The van der Waals surface area contributed by atoms with Crippen LogP contribution in [0.5, 0.6) is 0 Å². The number of benzene rings is 2. The summed E-state index contributed by atoms with van der Waals surface area (Å²) in [6.45, 7) is 2.59. The van der Waals surface area contributed by atoms with Crippen molar-refractivity contribution in [1.82, 2.24) is 14.3 Å². The molecule has 2 N–H and O–H groups in total. The topological polar surface area (TPSA) is 108 Å². The number of hydrogen-bond donors (Lipinski definition) is 2. The highest BCUT2D eigenvalue weighted by molar-refractivity contribution is 7.93. The van der Waals surface area contributed by atoms with E-state index in [0.717, 1.165) is 23.0 Å². The van der Waals surface area contributed by atoms with E-state index >= 15 is 0 Å². The Kier molecular flexibility index (Phi) is 8.32. The number of carbonyl (C=O) groups excluding carboxylic acids is 1. The SMILES string of the molecule is CC(=O)Nc1ccc(-c2ccnc(Nc3ccc(N4CCN(S(=O)(=O)C5=CCCC(C(F)(F)F)=C5)CC4)cc3)n2)cc1. The maximum absolute atomic E-state index is 13.1. The van der Waals surface area contributed by atoms with Crippen molar-refractivity contribution in [1.29, 1.82) is 0 Å². The Balaban J connectivity index is 1.19. The van der Waals surface area contributed by atoms with Crippen LogP contribution in [-0.2, 0) is 14.8 Å². The first-order valence-electron chi connectivity index (χ1n) is 13.3. The molecule has 2 heterocycles. The van der Waals surface area contributed by atoms with Gasteiger partial charge in [0.2, 0.25) is 21.9 Å². The highest BCUT2D eigenvalue weighted by Gasteiger charge is 2.37. The predicted octanol–water partition coefficient (Wildman–Crippen LogP) is 5.46. The van der Waals surface area contributed by atoms with Crippen molar-refractivity contribution in [3.8, 4) is 11.3 Å². The van der Waals surface area contributed by atoms with E-state index < -0.39 is 21.8 Å². The molecule has 0 unspecified atom stereocenters. The number of carbonyl (C=O) groups is 1. The van der Waals surface area contributed by atoms with Gasteiger partial charge in [0.25, 0.3) is 0 Å². The van der Waals surface area contributed by atoms with Crippen molar-refractivity contribution in [3.05, 3.63) is 83.4 Å². The predicted molar refractivity (Wildman–Crippen MR) is 156 cm³/mol. The fourth-order valence-electron chi connectivity index (χ4n) is 4.80. The van der Waals surface area contributed by atoms with Gasteiger partial charge in [0.05, 0.1) is 10.6 Å². The average Bonchev–Trinajstić information content (AvgIpc) is 2.97. The number of anilines is 4. The molecule has 1 aliphatic heterocycles. The minimum absolute atomic E-state index is 0.0443. The van der Waals surface area contributed by atoms with Crippen LogP contribution in [0.2, 0.25) is 0 Å². The van der Waals surface area contributed by atoms with Crippen molar-refractivity contribution in [3.63, 3.8) is 0 Å². The number of nitrogens with zero attached hydrogens (tertiary/aromatic N) is 4. The Labute approximate surface area is 241 Å². The first-order chi connectivity index (χ1) is 20.0. The first-order valence-corrected chi connectivity index (χ1v) is 14.7. The number of halogens is 3. The number of aromatic nitrogens is 2. The molecule has 0 bridgehead atoms. The number of allylic oxidation sites excluding steroid dienone is 3. The molecule has 0 atom stereocenters. The highest BCUT2D eigenvalue weighted by atomic mass is 32.2. The third kappa shape index (κ3) is 6.80. The maximum Gasteiger partial charge on any atom is 0.412 e. The van der Waals surface area contributed by atoms with Gasteiger partial charge in [-0.1, -0.05) is 18.2 Å². The maximum atomic E-state index is 13.1. The van der Waals surface area contributed by atoms with Gasteiger partial charge in [-0.15, -0.1) is 0 Å². The minimum Gasteiger partial charge on any atom is -0.369 e. The normalized spacial score (nSPS) is 16.4. The molecule has 1 amide bonds. The molecule has 9 nitrogen and oxygen atoms in total. The van der Waals surface area contributed by atoms with Gasteiger partial charge in [0.15, 0.2) is 0 Å². The van der Waals surface area contributed by atoms with E-state index in [9.17, 15) is 26.4 Å². The molecule has 2 aromatic carbocycles. The van der Waals surface area contributed by atoms with E-state index in [-0.39, 0.29) is 36.7 Å². The van der Waals surface area contributed by atoms with Crippen molar-refractivity contribution in [2.45, 2.75) is 25.9 Å². The van der Waals surface area contributed by atoms with Gasteiger partial charge in [-0.3, -0.25) is 4.79 Å². The Morgan fingerprint density at radius 3 is 2.24 bits per heavy atom. The zero-order valence-corrected chi connectivity index (χ0v) is 23.5. The van der Waals surface area contributed by atoms with Crippen LogP contribution in [-0.4, -0.2) is 61.0 Å². The number of alkyl halides is 3. The molecule has 5 rings (SSSR count). The van der Waals surface area contributed by atoms with Crippen LogP contribution in [0, 0.1) is 0 Å². The van der Waals surface area contributed by atoms with E-state index in [4.69, 9.17) is 0 Å². The van der Waals surface area contributed by atoms with Crippen molar-refractivity contribution in [2.75, 3.05) is 41.7 Å². The van der Waals surface area contributed by atoms with Crippen LogP contribution in [0.1, 0.15) is 19.8 Å². The van der Waals surface area contributed by atoms with Gasteiger partial charge in [-0.2, -0.15) is 17.5 Å². The number of rotatable bonds is 7. The zero-order chi connectivity index (χ0) is 29.9. The van der Waals surface area contributed by atoms with Crippen LogP contribution >= 0.6 is 0 Å². The summed E-state index contributed by atoms with van der Waals surface area (Å²) in [7, 11) is -4.01. The molecule has 2 aliphatic rings. The number of piperazine rings is 1. The molecule has 42 heavy (non-hydrogen) atoms. The molecule has 0 saturated carbocycles. The zero-order valence-electron chi connectivity index (χ0n) is 22.7. The number of amides is 1. The number of hydrogen-bond acceptors (Lipinski definition) is 7. The molecule has 0 radical (unpaired) electrons. The van der Waals surface area contributed by atoms with E-state index in [1.54, 1.807) is 24.4 Å². The second-order valence-corrected chi connectivity index (χ2v) is 11.8. The van der Waals surface area contributed by atoms with Gasteiger partial charge in [-0.25, -0.2) is 18.4 Å². The van der Waals surface area contributed by atoms with E-state index in [2.05, 4.69) is 20.6 Å². The summed E-state index contributed by atoms with van der Waals surface area (Å²) in [5.41, 5.74) is 3.10. The monoisotopic (exact) mass is 598 g/mol. The molecule has 0 spiro atoms. The second-order valence-electron chi connectivity index (χ2n) is 9.90. The Bertz CT molecular complexity index is 1610. The molecule has 1 fully saturated rings. The lowest BCUT2D eigenvalue weighted by Gasteiger charge is -2.36. The van der Waals surface area contributed by atoms with Crippen LogP contribution < -0.4 is 15.5 Å². The van der Waals surface area contributed by atoms with Crippen molar-refractivity contribution < 1.29 is 26.4 Å². The van der Waals surface area contributed by atoms with E-state index in [1.807, 2.05) is 41.3 Å². The third-order valence-electron chi connectivity index (χ3n) is 6.96. The van der Waals surface area contributed by atoms with Crippen molar-refractivity contribution in [2.24, 2.45) is 0 Å². The largest absolute Gasteiger partial charge is 0.412 e. The van der Waals surface area contributed by atoms with Gasteiger partial charge < -0.3 is 15.5 Å². The number of sulfonamides is 1. The summed E-state index contributed by atoms with van der Waals surface area (Å²) in [5.74, 6) is 0.262. The molecule has 3 aromatic rings. The fourth-order valence-corrected chi connectivity index (χ4v) is 6.37. The molecule has 1 saturated heterocycles. The molecule has 1 aromatic heterocycles. The molecule has 1 aliphatic carbocycles. The average molecular weight is 599 g/mol. The summed E-state index contributed by atoms with van der Waals surface area (Å²) in [4.78, 5) is 21.9. The lowest BCUT2D eigenvalue weighted by molar-refractivity contribution is -0.114. The van der Waals surface area contributed by atoms with E-state index in [1.165, 1.54) is 17.3 Å². The van der Waals surface area contributed by atoms with Gasteiger partial charge in [0.1, 0.15) is 0 Å². The van der Waals surface area contributed by atoms with Gasteiger partial charge in [-0.05, 0) is 61.4 Å². The highest BCUT2D eigenvalue weighted by Crippen LogP contribution is 2.35. The van der Waals surface area contributed by atoms with Crippen molar-refractivity contribution >= 4 is 38.9 Å². The Morgan fingerprint density at radius 1 is 0.929 bits per heavy atom. The summed E-state index contributed by atoms with van der Waals surface area (Å²) in [6.07, 6.45) is -0.925. The second kappa shape index (κ2) is 11.9. The standard InChI is InChI=1S/C29H29F3N6O3S/c1-20(39)34-23-7-5-21(6-8-23)27-13-14-33-28(36-27)35-24-9-11-25(12-10-24)37-15-17-38(18-16-37)42(40,41)26-4-2-3-22(19-26)29(30,31)32/h4-14,19H,2-3,15-18H2,1H3,(H,34,39)(H,33,35,36). The summed E-state index contributed by atoms with van der Waals surface area (Å²) in [6, 6.07) is 16.7. The van der Waals surface area contributed by atoms with Crippen LogP contribution in [0.25, 0.3) is 11.3 Å². The van der Waals surface area contributed by atoms with Crippen LogP contribution in [0.15, 0.2) is 83.4 Å². The summed E-state index contributed by atoms with van der Waals surface area (Å²) in [5, 5.41) is 5.91. The molecule has 13 heteroatoms. The molecule has 220 valence electrons. The lowest BCUT2D eigenvalue weighted by Crippen LogP contribution is -2.49. The summed E-state index contributed by atoms with van der Waals surface area (Å²) >= 11 is 0. The summed E-state index contributed by atoms with van der Waals surface area (Å²) < 4.78 is 66.7. The molecular weight excluding hydrogens is 569 g/mol. The molecular formula is C29H29F3N6O3S. The van der Waals surface area contributed by atoms with Gasteiger partial charge >= 0.3 is 6.18 Å². The van der Waals surface area contributed by atoms with Crippen LogP contribution in [0.4, 0.5) is 36.2 Å². The van der Waals surface area contributed by atoms with E-state index in [0.29, 0.717) is 30.4 Å². The lowest BCUT2D eigenvalue weighted by atomic mass is 10.1.